The second-order valence-electron chi connectivity index (χ2n) is 3.96. The number of halogens is 2. The van der Waals surface area contributed by atoms with Gasteiger partial charge in [-0.15, -0.1) is 0 Å². The van der Waals surface area contributed by atoms with Gasteiger partial charge in [-0.2, -0.15) is 11.8 Å². The molecular weight excluding hydrogens is 319 g/mol. The Morgan fingerprint density at radius 3 is 3.00 bits per heavy atom. The van der Waals surface area contributed by atoms with Crippen LogP contribution in [0.4, 0.5) is 4.39 Å². The molecule has 18 heavy (non-hydrogen) atoms. The van der Waals surface area contributed by atoms with Gasteiger partial charge in [0.25, 0.3) is 5.56 Å². The topological polar surface area (TPSA) is 45.8 Å². The van der Waals surface area contributed by atoms with Crippen molar-refractivity contribution in [2.45, 2.75) is 11.5 Å². The normalized spacial score (nSPS) is 13.7. The molecule has 2 aromatic rings. The van der Waals surface area contributed by atoms with Crippen molar-refractivity contribution in [1.29, 1.82) is 0 Å². The Morgan fingerprint density at radius 2 is 2.22 bits per heavy atom. The first kappa shape index (κ1) is 11.9. The molecule has 0 saturated carbocycles. The number of rotatable bonds is 1. The highest BCUT2D eigenvalue weighted by atomic mass is 79.9. The Bertz CT molecular complexity index is 686. The maximum Gasteiger partial charge on any atom is 0.255 e. The molecule has 0 spiro atoms. The Morgan fingerprint density at radius 1 is 1.39 bits per heavy atom. The van der Waals surface area contributed by atoms with Gasteiger partial charge in [0.15, 0.2) is 0 Å². The van der Waals surface area contributed by atoms with Crippen LogP contribution in [0.2, 0.25) is 0 Å². The first-order valence-electron chi connectivity index (χ1n) is 5.30. The average molecular weight is 327 g/mol. The lowest BCUT2D eigenvalue weighted by Gasteiger charge is -2.04. The van der Waals surface area contributed by atoms with E-state index in [-0.39, 0.29) is 11.4 Å². The average Bonchev–Trinajstić information content (AvgIpc) is 2.81. The second kappa shape index (κ2) is 4.51. The summed E-state index contributed by atoms with van der Waals surface area (Å²) >= 11 is 4.80. The van der Waals surface area contributed by atoms with Crippen LogP contribution in [0.1, 0.15) is 11.3 Å². The van der Waals surface area contributed by atoms with Crippen LogP contribution in [0.3, 0.4) is 0 Å². The molecule has 1 aliphatic rings. The van der Waals surface area contributed by atoms with E-state index in [0.717, 1.165) is 17.0 Å². The second-order valence-corrected chi connectivity index (χ2v) is 5.80. The summed E-state index contributed by atoms with van der Waals surface area (Å²) < 4.78 is 13.5. The Kier molecular flexibility index (Phi) is 2.99. The first-order valence-corrected chi connectivity index (χ1v) is 7.25. The highest BCUT2D eigenvalue weighted by Crippen LogP contribution is 2.28. The van der Waals surface area contributed by atoms with Crippen molar-refractivity contribution in [2.24, 2.45) is 0 Å². The number of benzene rings is 1. The molecule has 3 nitrogen and oxygen atoms in total. The molecule has 1 aliphatic heterocycles. The number of aromatic nitrogens is 2. The molecule has 0 amide bonds. The number of nitrogens with zero attached hydrogens (tertiary/aromatic N) is 1. The number of H-pyrrole nitrogens is 1. The maximum atomic E-state index is 13.2. The third-order valence-corrected chi connectivity index (χ3v) is 4.36. The molecule has 0 atom stereocenters. The molecule has 92 valence electrons. The molecule has 3 rings (SSSR count). The van der Waals surface area contributed by atoms with Gasteiger partial charge in [0, 0.05) is 22.6 Å². The summed E-state index contributed by atoms with van der Waals surface area (Å²) in [5, 5.41) is 0. The van der Waals surface area contributed by atoms with Crippen LogP contribution in [0.15, 0.2) is 27.5 Å². The van der Waals surface area contributed by atoms with E-state index in [9.17, 15) is 9.18 Å². The lowest BCUT2D eigenvalue weighted by atomic mass is 10.2. The van der Waals surface area contributed by atoms with Gasteiger partial charge >= 0.3 is 0 Å². The number of nitrogens with one attached hydrogen (secondary N) is 1. The largest absolute Gasteiger partial charge is 0.306 e. The fourth-order valence-electron chi connectivity index (χ4n) is 1.84. The van der Waals surface area contributed by atoms with Crippen LogP contribution >= 0.6 is 27.7 Å². The Labute approximate surface area is 115 Å². The van der Waals surface area contributed by atoms with Gasteiger partial charge in [0.1, 0.15) is 11.6 Å². The summed E-state index contributed by atoms with van der Waals surface area (Å²) in [6, 6.07) is 4.57. The van der Waals surface area contributed by atoms with E-state index in [1.807, 2.05) is 0 Å². The van der Waals surface area contributed by atoms with E-state index in [0.29, 0.717) is 21.6 Å². The minimum atomic E-state index is -0.335. The molecule has 0 bridgehead atoms. The molecule has 1 aromatic heterocycles. The van der Waals surface area contributed by atoms with Crippen molar-refractivity contribution in [2.75, 3.05) is 0 Å². The van der Waals surface area contributed by atoms with E-state index >= 15 is 0 Å². The molecule has 0 aliphatic carbocycles. The van der Waals surface area contributed by atoms with Crippen molar-refractivity contribution in [3.8, 4) is 11.4 Å². The number of hydrogen-bond acceptors (Lipinski definition) is 3. The van der Waals surface area contributed by atoms with Crippen LogP contribution in [0, 0.1) is 5.82 Å². The van der Waals surface area contributed by atoms with Crippen molar-refractivity contribution >= 4 is 27.7 Å². The highest BCUT2D eigenvalue weighted by Gasteiger charge is 2.18. The fraction of sp³-hybridized carbons (Fsp3) is 0.167. The Balaban J connectivity index is 2.15. The zero-order valence-electron chi connectivity index (χ0n) is 9.17. The summed E-state index contributed by atoms with van der Waals surface area (Å²) in [7, 11) is 0. The predicted octanol–water partition coefficient (Wildman–Crippen LogP) is 3.09. The van der Waals surface area contributed by atoms with Crippen molar-refractivity contribution in [1.82, 2.24) is 9.97 Å². The van der Waals surface area contributed by atoms with Gasteiger partial charge < -0.3 is 4.98 Å². The summed E-state index contributed by atoms with van der Waals surface area (Å²) in [5.41, 5.74) is 2.18. The summed E-state index contributed by atoms with van der Waals surface area (Å²) in [5.74, 6) is 1.62. The number of fused-ring (bicyclic) bond motifs is 1. The number of aromatic amines is 1. The van der Waals surface area contributed by atoms with Crippen molar-refractivity contribution < 1.29 is 4.39 Å². The minimum Gasteiger partial charge on any atom is -0.306 e. The molecule has 0 radical (unpaired) electrons. The van der Waals surface area contributed by atoms with E-state index in [4.69, 9.17) is 0 Å². The summed E-state index contributed by atoms with van der Waals surface area (Å²) in [6.45, 7) is 0. The van der Waals surface area contributed by atoms with E-state index in [1.165, 1.54) is 6.07 Å². The number of thioether (sulfide) groups is 1. The zero-order chi connectivity index (χ0) is 12.7. The van der Waals surface area contributed by atoms with Gasteiger partial charge in [-0.3, -0.25) is 4.79 Å². The SMILES string of the molecule is O=c1[nH]c(-c2ccc(F)c(Br)c2)nc2c1CSC2. The van der Waals surface area contributed by atoms with Gasteiger partial charge in [0.05, 0.1) is 10.2 Å². The van der Waals surface area contributed by atoms with Crippen molar-refractivity contribution in [3.05, 3.63) is 50.1 Å². The maximum absolute atomic E-state index is 13.2. The van der Waals surface area contributed by atoms with E-state index < -0.39 is 0 Å². The lowest BCUT2D eigenvalue weighted by Crippen LogP contribution is -2.15. The quantitative estimate of drug-likeness (QED) is 0.875. The van der Waals surface area contributed by atoms with Gasteiger partial charge in [0.2, 0.25) is 0 Å². The molecule has 1 aromatic carbocycles. The van der Waals surface area contributed by atoms with Crippen LogP contribution < -0.4 is 5.56 Å². The van der Waals surface area contributed by atoms with Gasteiger partial charge in [-0.05, 0) is 34.1 Å². The Hall–Kier alpha value is -1.14. The molecule has 0 unspecified atom stereocenters. The highest BCUT2D eigenvalue weighted by molar-refractivity contribution is 9.10. The predicted molar refractivity (Wildman–Crippen MR) is 73.0 cm³/mol. The first-order chi connectivity index (χ1) is 8.65. The fourth-order valence-corrected chi connectivity index (χ4v) is 3.26. The van der Waals surface area contributed by atoms with Crippen LogP contribution in [0.5, 0.6) is 0 Å². The standard InChI is InChI=1S/C12H8BrFN2OS/c13-8-3-6(1-2-9(8)14)11-15-10-5-18-4-7(10)12(17)16-11/h1-3H,4-5H2,(H,15,16,17). The third kappa shape index (κ3) is 1.99. The summed E-state index contributed by atoms with van der Waals surface area (Å²) in [4.78, 5) is 19.0. The molecule has 6 heteroatoms. The lowest BCUT2D eigenvalue weighted by molar-refractivity contribution is 0.621. The smallest absolute Gasteiger partial charge is 0.255 e. The van der Waals surface area contributed by atoms with Crippen LogP contribution in [-0.2, 0) is 11.5 Å². The molecule has 1 N–H and O–H groups in total. The van der Waals surface area contributed by atoms with E-state index in [1.54, 1.807) is 23.9 Å². The van der Waals surface area contributed by atoms with Crippen LogP contribution in [0.25, 0.3) is 11.4 Å². The van der Waals surface area contributed by atoms with Crippen LogP contribution in [-0.4, -0.2) is 9.97 Å². The van der Waals surface area contributed by atoms with Gasteiger partial charge in [-0.1, -0.05) is 0 Å². The molecule has 0 fully saturated rings. The monoisotopic (exact) mass is 326 g/mol. The third-order valence-electron chi connectivity index (χ3n) is 2.78. The zero-order valence-corrected chi connectivity index (χ0v) is 11.6. The molecule has 2 heterocycles. The van der Waals surface area contributed by atoms with Gasteiger partial charge in [-0.25, -0.2) is 9.37 Å². The molecule has 0 saturated heterocycles. The van der Waals surface area contributed by atoms with E-state index in [2.05, 4.69) is 25.9 Å². The van der Waals surface area contributed by atoms with Crippen molar-refractivity contribution in [3.63, 3.8) is 0 Å². The molecular formula is C12H8BrFN2OS. The number of hydrogen-bond donors (Lipinski definition) is 1. The minimum absolute atomic E-state index is 0.0968. The summed E-state index contributed by atoms with van der Waals surface area (Å²) in [6.07, 6.45) is 0.